The van der Waals surface area contributed by atoms with Gasteiger partial charge >= 0.3 is 11.9 Å². The minimum absolute atomic E-state index is 0.0645. The van der Waals surface area contributed by atoms with Crippen LogP contribution in [0.4, 0.5) is 0 Å². The Morgan fingerprint density at radius 1 is 0.316 bits per heavy atom. The van der Waals surface area contributed by atoms with Gasteiger partial charge in [-0.3, -0.25) is 9.59 Å². The van der Waals surface area contributed by atoms with E-state index in [-0.39, 0.29) is 25.2 Å². The number of unbranched alkanes of at least 4 members (excludes halogenated alkanes) is 39. The molecule has 0 aromatic heterocycles. The average Bonchev–Trinajstić information content (AvgIpc) is 3.42. The van der Waals surface area contributed by atoms with Crippen LogP contribution in [-0.4, -0.2) is 36.4 Å². The van der Waals surface area contributed by atoms with Crippen molar-refractivity contribution in [3.63, 3.8) is 0 Å². The lowest BCUT2D eigenvalue weighted by Gasteiger charge is -2.15. The minimum atomic E-state index is -0.775. The quantitative estimate of drug-likeness (QED) is 0.0373. The Labute approximate surface area is 473 Å². The first-order valence-corrected chi connectivity index (χ1v) is 33.1. The van der Waals surface area contributed by atoms with Crippen molar-refractivity contribution in [2.75, 3.05) is 13.2 Å². The lowest BCUT2D eigenvalue weighted by atomic mass is 10.0. The van der Waals surface area contributed by atoms with Gasteiger partial charge in [-0.05, 0) is 70.6 Å². The van der Waals surface area contributed by atoms with Gasteiger partial charge in [-0.15, -0.1) is 0 Å². The standard InChI is InChI=1S/C71H126O5/c1-3-5-7-9-11-13-15-17-19-21-23-25-27-29-31-32-33-34-35-36-37-38-40-42-44-46-48-50-52-54-56-58-60-62-64-66-71(74)76-69(67-72)68-75-70(73)65-63-61-59-57-55-53-51-49-47-45-43-41-39-30-28-26-24-22-20-18-16-14-12-10-8-6-4-2/h5,7,11,13,17,19,23,25,29,31,33-34,36-37,69,72H,3-4,6,8-10,12,14-16,18,20-22,24,26-28,30,32,35,38-68H2,1-2H3/b7-5-,13-11-,19-17-,25-23-,31-29-,34-33-,37-36-. The molecule has 0 amide bonds. The van der Waals surface area contributed by atoms with Crippen molar-refractivity contribution in [3.05, 3.63) is 85.1 Å². The number of esters is 2. The SMILES string of the molecule is CC/C=C\C/C=C\C/C=C\C/C=C\C/C=C\C/C=C\C/C=C\CCCCCCCCCCCCCCCC(=O)OC(CO)COC(=O)CCCCCCCCCCCCCCCCCCCCCCCCCCCCC. The Kier molecular flexibility index (Phi) is 63.8. The maximum atomic E-state index is 12.4. The first kappa shape index (κ1) is 73.1. The van der Waals surface area contributed by atoms with Crippen LogP contribution in [0.3, 0.4) is 0 Å². The summed E-state index contributed by atoms with van der Waals surface area (Å²) in [7, 11) is 0. The molecule has 0 saturated carbocycles. The zero-order valence-corrected chi connectivity index (χ0v) is 50.5. The summed E-state index contributed by atoms with van der Waals surface area (Å²) >= 11 is 0. The van der Waals surface area contributed by atoms with Crippen LogP contribution in [0.15, 0.2) is 85.1 Å². The molecule has 0 saturated heterocycles. The van der Waals surface area contributed by atoms with E-state index in [2.05, 4.69) is 98.9 Å². The van der Waals surface area contributed by atoms with E-state index >= 15 is 0 Å². The summed E-state index contributed by atoms with van der Waals surface area (Å²) in [6.07, 6.45) is 93.1. The number of carbonyl (C=O) groups is 2. The fourth-order valence-electron chi connectivity index (χ4n) is 9.78. The van der Waals surface area contributed by atoms with Gasteiger partial charge in [-0.1, -0.05) is 336 Å². The summed E-state index contributed by atoms with van der Waals surface area (Å²) in [5.74, 6) is -0.578. The Morgan fingerprint density at radius 2 is 0.566 bits per heavy atom. The molecule has 0 aromatic rings. The first-order chi connectivity index (χ1) is 37.6. The van der Waals surface area contributed by atoms with Crippen LogP contribution >= 0.6 is 0 Å². The van der Waals surface area contributed by atoms with E-state index in [9.17, 15) is 14.7 Å². The van der Waals surface area contributed by atoms with Gasteiger partial charge in [-0.25, -0.2) is 0 Å². The minimum Gasteiger partial charge on any atom is -0.462 e. The van der Waals surface area contributed by atoms with Crippen molar-refractivity contribution in [2.24, 2.45) is 0 Å². The van der Waals surface area contributed by atoms with Crippen molar-refractivity contribution in [2.45, 2.75) is 341 Å². The molecule has 76 heavy (non-hydrogen) atoms. The third-order valence-electron chi connectivity index (χ3n) is 14.7. The number of rotatable bonds is 61. The summed E-state index contributed by atoms with van der Waals surface area (Å²) in [4.78, 5) is 24.6. The van der Waals surface area contributed by atoms with Gasteiger partial charge in [0.25, 0.3) is 0 Å². The fourth-order valence-corrected chi connectivity index (χ4v) is 9.78. The van der Waals surface area contributed by atoms with E-state index in [1.807, 2.05) is 0 Å². The topological polar surface area (TPSA) is 72.8 Å². The Balaban J connectivity index is 3.46. The molecule has 0 spiro atoms. The molecular weight excluding hydrogens is 933 g/mol. The molecule has 0 rings (SSSR count). The van der Waals surface area contributed by atoms with Crippen molar-refractivity contribution < 1.29 is 24.2 Å². The molecule has 1 atom stereocenters. The number of carbonyl (C=O) groups excluding carboxylic acids is 2. The highest BCUT2D eigenvalue weighted by molar-refractivity contribution is 5.70. The van der Waals surface area contributed by atoms with Crippen molar-refractivity contribution in [1.82, 2.24) is 0 Å². The van der Waals surface area contributed by atoms with Crippen LogP contribution in [0.5, 0.6) is 0 Å². The summed E-state index contributed by atoms with van der Waals surface area (Å²) in [5.41, 5.74) is 0. The highest BCUT2D eigenvalue weighted by Crippen LogP contribution is 2.18. The van der Waals surface area contributed by atoms with Gasteiger partial charge in [0.2, 0.25) is 0 Å². The van der Waals surface area contributed by atoms with E-state index in [1.165, 1.54) is 225 Å². The van der Waals surface area contributed by atoms with Crippen molar-refractivity contribution in [1.29, 1.82) is 0 Å². The number of hydrogen-bond donors (Lipinski definition) is 1. The molecule has 440 valence electrons. The third-order valence-corrected chi connectivity index (χ3v) is 14.7. The molecule has 0 aliphatic carbocycles. The molecule has 0 bridgehead atoms. The smallest absolute Gasteiger partial charge is 0.306 e. The van der Waals surface area contributed by atoms with Gasteiger partial charge in [0.1, 0.15) is 6.61 Å². The van der Waals surface area contributed by atoms with Crippen LogP contribution in [-0.2, 0) is 19.1 Å². The summed E-state index contributed by atoms with van der Waals surface area (Å²) in [6.45, 7) is 4.07. The van der Waals surface area contributed by atoms with Gasteiger partial charge in [0.05, 0.1) is 6.61 Å². The largest absolute Gasteiger partial charge is 0.462 e. The zero-order valence-electron chi connectivity index (χ0n) is 50.5. The van der Waals surface area contributed by atoms with Crippen LogP contribution in [0.25, 0.3) is 0 Å². The second-order valence-corrected chi connectivity index (χ2v) is 22.2. The number of ether oxygens (including phenoxy) is 2. The lowest BCUT2D eigenvalue weighted by Crippen LogP contribution is -2.28. The lowest BCUT2D eigenvalue weighted by molar-refractivity contribution is -0.161. The third kappa shape index (κ3) is 63.6. The summed E-state index contributed by atoms with van der Waals surface area (Å²) < 4.78 is 10.8. The second-order valence-electron chi connectivity index (χ2n) is 22.2. The molecule has 0 aromatic carbocycles. The van der Waals surface area contributed by atoms with Gasteiger partial charge in [-0.2, -0.15) is 0 Å². The molecule has 0 fully saturated rings. The average molecular weight is 1060 g/mol. The molecule has 1 unspecified atom stereocenters. The fraction of sp³-hybridized carbons (Fsp3) is 0.775. The maximum absolute atomic E-state index is 12.4. The van der Waals surface area contributed by atoms with Crippen LogP contribution in [0.1, 0.15) is 335 Å². The van der Waals surface area contributed by atoms with Crippen LogP contribution in [0.2, 0.25) is 0 Å². The monoisotopic (exact) mass is 1060 g/mol. The molecule has 0 heterocycles. The van der Waals surface area contributed by atoms with E-state index in [0.717, 1.165) is 83.5 Å². The second kappa shape index (κ2) is 66.4. The first-order valence-electron chi connectivity index (χ1n) is 33.1. The Bertz CT molecular complexity index is 1380. The molecule has 5 nitrogen and oxygen atoms in total. The molecule has 5 heteroatoms. The van der Waals surface area contributed by atoms with Gasteiger partial charge in [0.15, 0.2) is 6.10 Å². The Morgan fingerprint density at radius 3 is 0.855 bits per heavy atom. The molecular formula is C71H126O5. The van der Waals surface area contributed by atoms with E-state index in [0.29, 0.717) is 12.8 Å². The Hall–Kier alpha value is -2.92. The van der Waals surface area contributed by atoms with E-state index in [1.54, 1.807) is 0 Å². The zero-order chi connectivity index (χ0) is 54.8. The van der Waals surface area contributed by atoms with E-state index < -0.39 is 6.10 Å². The van der Waals surface area contributed by atoms with Crippen LogP contribution in [0, 0.1) is 0 Å². The molecule has 0 aliphatic heterocycles. The predicted octanol–water partition coefficient (Wildman–Crippen LogP) is 22.9. The number of aliphatic hydroxyl groups is 1. The number of aliphatic hydroxyl groups excluding tert-OH is 1. The number of allylic oxidation sites excluding steroid dienone is 14. The normalized spacial score (nSPS) is 12.7. The molecule has 0 aliphatic rings. The van der Waals surface area contributed by atoms with Crippen LogP contribution < -0.4 is 0 Å². The predicted molar refractivity (Wildman–Crippen MR) is 334 cm³/mol. The van der Waals surface area contributed by atoms with Crippen molar-refractivity contribution >= 4 is 11.9 Å². The maximum Gasteiger partial charge on any atom is 0.306 e. The summed E-state index contributed by atoms with van der Waals surface area (Å²) in [5, 5.41) is 9.69. The number of hydrogen-bond acceptors (Lipinski definition) is 5. The molecule has 0 radical (unpaired) electrons. The highest BCUT2D eigenvalue weighted by atomic mass is 16.6. The van der Waals surface area contributed by atoms with Gasteiger partial charge in [0, 0.05) is 12.8 Å². The highest BCUT2D eigenvalue weighted by Gasteiger charge is 2.16. The summed E-state index contributed by atoms with van der Waals surface area (Å²) in [6, 6.07) is 0. The van der Waals surface area contributed by atoms with E-state index in [4.69, 9.17) is 9.47 Å². The van der Waals surface area contributed by atoms with Gasteiger partial charge < -0.3 is 14.6 Å². The molecule has 1 N–H and O–H groups in total. The van der Waals surface area contributed by atoms with Crippen molar-refractivity contribution in [3.8, 4) is 0 Å².